The van der Waals surface area contributed by atoms with Crippen molar-refractivity contribution in [2.45, 2.75) is 25.9 Å². The second-order valence-corrected chi connectivity index (χ2v) is 6.23. The highest BCUT2D eigenvalue weighted by Crippen LogP contribution is 2.24. The Morgan fingerprint density at radius 3 is 3.00 bits per heavy atom. The van der Waals surface area contributed by atoms with E-state index < -0.39 is 22.0 Å². The Hall–Kier alpha value is -1.41. The molecule has 0 amide bonds. The molecule has 7 nitrogen and oxygen atoms in total. The largest absolute Gasteiger partial charge is 0.468 e. The molecule has 1 unspecified atom stereocenters. The maximum absolute atomic E-state index is 12.0. The van der Waals surface area contributed by atoms with Gasteiger partial charge in [-0.15, -0.1) is 0 Å². The summed E-state index contributed by atoms with van der Waals surface area (Å²) in [5.74, 6) is -0.607. The van der Waals surface area contributed by atoms with Gasteiger partial charge in [-0.3, -0.25) is 4.79 Å². The molecule has 0 radical (unpaired) electrons. The lowest BCUT2D eigenvalue weighted by atomic mass is 10.1. The molecule has 0 fully saturated rings. The lowest BCUT2D eigenvalue weighted by Gasteiger charge is -2.31. The number of hydrogen-bond acceptors (Lipinski definition) is 5. The van der Waals surface area contributed by atoms with Gasteiger partial charge in [0.1, 0.15) is 6.04 Å². The molecular weight excluding hydrogens is 258 g/mol. The van der Waals surface area contributed by atoms with Gasteiger partial charge in [-0.1, -0.05) is 0 Å². The number of sulfonamides is 1. The van der Waals surface area contributed by atoms with Gasteiger partial charge in [-0.25, -0.2) is 13.4 Å². The summed E-state index contributed by atoms with van der Waals surface area (Å²) in [6.07, 6.45) is 1.74. The molecule has 2 rings (SSSR count). The number of methoxy groups -OCH3 is 1. The van der Waals surface area contributed by atoms with Gasteiger partial charge in [0.2, 0.25) is 10.0 Å². The van der Waals surface area contributed by atoms with Crippen LogP contribution in [0.5, 0.6) is 0 Å². The predicted octanol–water partition coefficient (Wildman–Crippen LogP) is -0.341. The highest BCUT2D eigenvalue weighted by atomic mass is 32.2. The topological polar surface area (TPSA) is 92.4 Å². The van der Waals surface area contributed by atoms with E-state index in [1.807, 2.05) is 0 Å². The number of aromatic nitrogens is 2. The minimum Gasteiger partial charge on any atom is -0.468 e. The third-order valence-corrected chi connectivity index (χ3v) is 4.88. The number of ether oxygens (including phenoxy) is 1. The van der Waals surface area contributed by atoms with Crippen molar-refractivity contribution < 1.29 is 17.9 Å². The first-order valence-electron chi connectivity index (χ1n) is 5.58. The highest BCUT2D eigenvalue weighted by molar-refractivity contribution is 7.89. The fourth-order valence-corrected chi connectivity index (χ4v) is 3.21. The molecule has 0 aliphatic carbocycles. The van der Waals surface area contributed by atoms with Gasteiger partial charge < -0.3 is 9.72 Å². The van der Waals surface area contributed by atoms with Crippen LogP contribution >= 0.6 is 0 Å². The fourth-order valence-electron chi connectivity index (χ4n) is 2.01. The lowest BCUT2D eigenvalue weighted by Crippen LogP contribution is -2.49. The molecule has 0 bridgehead atoms. The average Bonchev–Trinajstić information content (AvgIpc) is 2.83. The van der Waals surface area contributed by atoms with Crippen LogP contribution in [0.3, 0.4) is 0 Å². The molecule has 1 aromatic rings. The van der Waals surface area contributed by atoms with E-state index in [0.717, 1.165) is 5.69 Å². The average molecular weight is 273 g/mol. The maximum atomic E-state index is 12.0. The molecule has 0 saturated carbocycles. The van der Waals surface area contributed by atoms with Gasteiger partial charge in [-0.05, 0) is 6.92 Å². The zero-order valence-electron chi connectivity index (χ0n) is 10.2. The molecule has 8 heteroatoms. The van der Waals surface area contributed by atoms with Gasteiger partial charge >= 0.3 is 5.97 Å². The highest BCUT2D eigenvalue weighted by Gasteiger charge is 2.39. The summed E-state index contributed by atoms with van der Waals surface area (Å²) in [6, 6.07) is -0.823. The Bertz CT molecular complexity index is 551. The Balaban J connectivity index is 2.40. The van der Waals surface area contributed by atoms with E-state index in [0.29, 0.717) is 5.69 Å². The summed E-state index contributed by atoms with van der Waals surface area (Å²) in [6.45, 7) is 1.68. The second-order valence-electron chi connectivity index (χ2n) is 4.02. The lowest BCUT2D eigenvalue weighted by molar-refractivity contribution is -0.145. The van der Waals surface area contributed by atoms with Crippen molar-refractivity contribution in [2.75, 3.05) is 12.9 Å². The molecule has 100 valence electrons. The summed E-state index contributed by atoms with van der Waals surface area (Å²) in [7, 11) is -2.21. The van der Waals surface area contributed by atoms with Crippen molar-refractivity contribution in [2.24, 2.45) is 0 Å². The van der Waals surface area contributed by atoms with E-state index >= 15 is 0 Å². The maximum Gasteiger partial charge on any atom is 0.324 e. The fraction of sp³-hybridized carbons (Fsp3) is 0.600. The predicted molar refractivity (Wildman–Crippen MR) is 63.1 cm³/mol. The monoisotopic (exact) mass is 273 g/mol. The van der Waals surface area contributed by atoms with Crippen LogP contribution in [-0.2, 0) is 32.5 Å². The molecule has 0 saturated heterocycles. The van der Waals surface area contributed by atoms with Crippen LogP contribution in [0.1, 0.15) is 18.3 Å². The van der Waals surface area contributed by atoms with Crippen LogP contribution in [-0.4, -0.2) is 47.6 Å². The smallest absolute Gasteiger partial charge is 0.324 e. The standard InChI is InChI=1S/C10H15N3O4S/c1-3-18(15,16)13-5-8-7(11-6-12-8)4-9(13)10(14)17-2/h6,9H,3-5H2,1-2H3,(H,11,12). The first-order chi connectivity index (χ1) is 8.49. The molecule has 1 aliphatic rings. The van der Waals surface area contributed by atoms with Crippen LogP contribution < -0.4 is 0 Å². The third-order valence-electron chi connectivity index (χ3n) is 3.05. The van der Waals surface area contributed by atoms with Crippen LogP contribution in [0.2, 0.25) is 0 Å². The number of imidazole rings is 1. The number of nitrogens with zero attached hydrogens (tertiary/aromatic N) is 2. The Labute approximate surface area is 105 Å². The van der Waals surface area contributed by atoms with E-state index in [1.165, 1.54) is 17.7 Å². The molecule has 0 aromatic carbocycles. The summed E-state index contributed by atoms with van der Waals surface area (Å²) in [5.41, 5.74) is 1.44. The molecule has 0 spiro atoms. The minimum atomic E-state index is -3.46. The first-order valence-corrected chi connectivity index (χ1v) is 7.19. The van der Waals surface area contributed by atoms with Crippen molar-refractivity contribution in [1.82, 2.24) is 14.3 Å². The Kier molecular flexibility index (Phi) is 3.40. The normalized spacial score (nSPS) is 20.4. The molecule has 1 aliphatic heterocycles. The summed E-state index contributed by atoms with van der Waals surface area (Å²) < 4.78 is 29.8. The SMILES string of the molecule is CCS(=O)(=O)N1Cc2[nH]cnc2CC1C(=O)OC. The van der Waals surface area contributed by atoms with Crippen molar-refractivity contribution >= 4 is 16.0 Å². The van der Waals surface area contributed by atoms with Gasteiger partial charge in [0.05, 0.1) is 37.1 Å². The molecule has 1 aromatic heterocycles. The van der Waals surface area contributed by atoms with E-state index in [-0.39, 0.29) is 18.7 Å². The van der Waals surface area contributed by atoms with E-state index in [9.17, 15) is 13.2 Å². The molecular formula is C10H15N3O4S. The number of esters is 1. The first kappa shape index (κ1) is 13.0. The summed E-state index contributed by atoms with van der Waals surface area (Å²) in [5, 5.41) is 0. The van der Waals surface area contributed by atoms with Crippen molar-refractivity contribution in [3.63, 3.8) is 0 Å². The van der Waals surface area contributed by atoms with Gasteiger partial charge in [0.25, 0.3) is 0 Å². The second kappa shape index (κ2) is 4.69. The number of rotatable bonds is 3. The number of carbonyl (C=O) groups excluding carboxylic acids is 1. The number of aromatic amines is 1. The Morgan fingerprint density at radius 1 is 1.67 bits per heavy atom. The van der Waals surface area contributed by atoms with Crippen molar-refractivity contribution in [3.05, 3.63) is 17.7 Å². The number of hydrogen-bond donors (Lipinski definition) is 1. The zero-order valence-corrected chi connectivity index (χ0v) is 11.0. The van der Waals surface area contributed by atoms with Crippen LogP contribution in [0.4, 0.5) is 0 Å². The zero-order chi connectivity index (χ0) is 13.3. The minimum absolute atomic E-state index is 0.0516. The van der Waals surface area contributed by atoms with E-state index in [4.69, 9.17) is 0 Å². The molecule has 2 heterocycles. The summed E-state index contributed by atoms with van der Waals surface area (Å²) >= 11 is 0. The van der Waals surface area contributed by atoms with Gasteiger partial charge in [0, 0.05) is 6.42 Å². The van der Waals surface area contributed by atoms with E-state index in [2.05, 4.69) is 14.7 Å². The van der Waals surface area contributed by atoms with Crippen molar-refractivity contribution in [3.8, 4) is 0 Å². The van der Waals surface area contributed by atoms with Crippen LogP contribution in [0.25, 0.3) is 0 Å². The van der Waals surface area contributed by atoms with Crippen LogP contribution in [0, 0.1) is 0 Å². The van der Waals surface area contributed by atoms with Crippen molar-refractivity contribution in [1.29, 1.82) is 0 Å². The molecule has 18 heavy (non-hydrogen) atoms. The van der Waals surface area contributed by atoms with Crippen LogP contribution in [0.15, 0.2) is 6.33 Å². The number of fused-ring (bicyclic) bond motifs is 1. The Morgan fingerprint density at radius 2 is 2.39 bits per heavy atom. The molecule has 1 atom stereocenters. The van der Waals surface area contributed by atoms with Gasteiger partial charge in [0.15, 0.2) is 0 Å². The number of nitrogens with one attached hydrogen (secondary N) is 1. The quantitative estimate of drug-likeness (QED) is 0.761. The summed E-state index contributed by atoms with van der Waals surface area (Å²) in [4.78, 5) is 18.7. The van der Waals surface area contributed by atoms with E-state index in [1.54, 1.807) is 6.92 Å². The van der Waals surface area contributed by atoms with Gasteiger partial charge in [-0.2, -0.15) is 4.31 Å². The molecule has 1 N–H and O–H groups in total. The number of carbonyl (C=O) groups is 1. The third kappa shape index (κ3) is 2.13. The number of H-pyrrole nitrogens is 1.